The van der Waals surface area contributed by atoms with E-state index in [4.69, 9.17) is 11.6 Å². The van der Waals surface area contributed by atoms with Crippen molar-refractivity contribution in [3.8, 4) is 0 Å². The van der Waals surface area contributed by atoms with Gasteiger partial charge in [0.2, 0.25) is 0 Å². The molecule has 2 aromatic rings. The van der Waals surface area contributed by atoms with E-state index in [1.807, 2.05) is 27.2 Å². The number of thioether (sulfide) groups is 1. The van der Waals surface area contributed by atoms with Crippen molar-refractivity contribution in [1.29, 1.82) is 0 Å². The van der Waals surface area contributed by atoms with Crippen LogP contribution in [0.2, 0.25) is 0 Å². The summed E-state index contributed by atoms with van der Waals surface area (Å²) in [6, 6.07) is 3.32. The molecule has 0 unspecified atom stereocenters. The summed E-state index contributed by atoms with van der Waals surface area (Å²) in [5.41, 5.74) is 1.66. The first-order valence-electron chi connectivity index (χ1n) is 5.56. The summed E-state index contributed by atoms with van der Waals surface area (Å²) in [5.74, 6) is 2.05. The molecular formula is C12H13ClFIN2S. The van der Waals surface area contributed by atoms with E-state index in [2.05, 4.69) is 11.2 Å². The number of hydrogen-bond acceptors (Lipinski definition) is 2. The van der Waals surface area contributed by atoms with Gasteiger partial charge >= 0.3 is 0 Å². The van der Waals surface area contributed by atoms with E-state index in [0.717, 1.165) is 35.6 Å². The molecule has 0 amide bonds. The lowest BCUT2D eigenvalue weighted by molar-refractivity contribution is 0.619. The van der Waals surface area contributed by atoms with Crippen LogP contribution in [0.5, 0.6) is 0 Å². The second kappa shape index (κ2) is 6.43. The van der Waals surface area contributed by atoms with Crippen LogP contribution in [0, 0.1) is 9.39 Å². The predicted octanol–water partition coefficient (Wildman–Crippen LogP) is 4.27. The molecule has 6 heteroatoms. The predicted molar refractivity (Wildman–Crippen MR) is 85.0 cm³/mol. The highest BCUT2D eigenvalue weighted by atomic mass is 127. The van der Waals surface area contributed by atoms with Crippen LogP contribution >= 0.6 is 46.0 Å². The Hall–Kier alpha value is -0.0100. The summed E-state index contributed by atoms with van der Waals surface area (Å²) in [4.78, 5) is 4.46. The zero-order valence-corrected chi connectivity index (χ0v) is 13.6. The van der Waals surface area contributed by atoms with E-state index in [9.17, 15) is 4.39 Å². The van der Waals surface area contributed by atoms with Crippen LogP contribution in [0.15, 0.2) is 12.1 Å². The third-order valence-electron chi connectivity index (χ3n) is 2.72. The number of hydrogen-bond donors (Lipinski definition) is 0. The lowest BCUT2D eigenvalue weighted by Crippen LogP contribution is -2.03. The second-order valence-electron chi connectivity index (χ2n) is 3.91. The highest BCUT2D eigenvalue weighted by Crippen LogP contribution is 2.23. The first kappa shape index (κ1) is 14.4. The van der Waals surface area contributed by atoms with Crippen molar-refractivity contribution in [2.24, 2.45) is 0 Å². The molecule has 98 valence electrons. The van der Waals surface area contributed by atoms with Gasteiger partial charge in [-0.05, 0) is 47.1 Å². The lowest BCUT2D eigenvalue weighted by atomic mass is 10.3. The minimum atomic E-state index is -0.199. The zero-order valence-electron chi connectivity index (χ0n) is 9.92. The molecule has 1 heterocycles. The highest BCUT2D eigenvalue weighted by Gasteiger charge is 2.12. The van der Waals surface area contributed by atoms with Gasteiger partial charge in [-0.2, -0.15) is 11.8 Å². The Morgan fingerprint density at radius 1 is 1.50 bits per heavy atom. The maximum absolute atomic E-state index is 13.6. The molecule has 2 rings (SSSR count). The Kier molecular flexibility index (Phi) is 5.14. The lowest BCUT2D eigenvalue weighted by Gasteiger charge is -2.07. The number of aromatic nitrogens is 2. The van der Waals surface area contributed by atoms with Crippen molar-refractivity contribution in [2.45, 2.75) is 18.8 Å². The first-order chi connectivity index (χ1) is 8.67. The van der Waals surface area contributed by atoms with E-state index < -0.39 is 0 Å². The SMILES string of the molecule is CSCCCn1c(CCl)nc2cc(I)c(F)cc21. The smallest absolute Gasteiger partial charge is 0.138 e. The molecule has 0 saturated carbocycles. The fraction of sp³-hybridized carbons (Fsp3) is 0.417. The van der Waals surface area contributed by atoms with Gasteiger partial charge in [-0.15, -0.1) is 11.6 Å². The number of benzene rings is 1. The normalized spacial score (nSPS) is 11.3. The van der Waals surface area contributed by atoms with Gasteiger partial charge in [-0.1, -0.05) is 0 Å². The molecule has 0 fully saturated rings. The molecule has 1 aromatic heterocycles. The molecule has 0 N–H and O–H groups in total. The van der Waals surface area contributed by atoms with Crippen LogP contribution in [0.1, 0.15) is 12.2 Å². The Labute approximate surface area is 128 Å². The Bertz CT molecular complexity index is 558. The number of rotatable bonds is 5. The fourth-order valence-electron chi connectivity index (χ4n) is 1.89. The molecule has 2 nitrogen and oxygen atoms in total. The van der Waals surface area contributed by atoms with Crippen molar-refractivity contribution < 1.29 is 4.39 Å². The van der Waals surface area contributed by atoms with Gasteiger partial charge in [0.25, 0.3) is 0 Å². The summed E-state index contributed by atoms with van der Waals surface area (Å²) in [5, 5.41) is 0. The zero-order chi connectivity index (χ0) is 13.1. The van der Waals surface area contributed by atoms with E-state index >= 15 is 0 Å². The van der Waals surface area contributed by atoms with Gasteiger partial charge in [-0.3, -0.25) is 0 Å². The molecule has 0 aliphatic heterocycles. The molecule has 0 radical (unpaired) electrons. The van der Waals surface area contributed by atoms with E-state index in [-0.39, 0.29) is 5.82 Å². The summed E-state index contributed by atoms with van der Waals surface area (Å²) in [6.45, 7) is 0.833. The summed E-state index contributed by atoms with van der Waals surface area (Å²) < 4.78 is 16.3. The van der Waals surface area contributed by atoms with E-state index in [1.54, 1.807) is 23.9 Å². The largest absolute Gasteiger partial charge is 0.327 e. The average molecular weight is 399 g/mol. The maximum atomic E-state index is 13.6. The van der Waals surface area contributed by atoms with Crippen LogP contribution in [-0.2, 0) is 12.4 Å². The maximum Gasteiger partial charge on any atom is 0.138 e. The summed E-state index contributed by atoms with van der Waals surface area (Å²) >= 11 is 9.70. The Morgan fingerprint density at radius 2 is 2.28 bits per heavy atom. The molecule has 0 bridgehead atoms. The monoisotopic (exact) mass is 398 g/mol. The highest BCUT2D eigenvalue weighted by molar-refractivity contribution is 14.1. The third kappa shape index (κ3) is 2.93. The van der Waals surface area contributed by atoms with Gasteiger partial charge < -0.3 is 4.57 Å². The Morgan fingerprint density at radius 3 is 2.94 bits per heavy atom. The number of nitrogens with zero attached hydrogens (tertiary/aromatic N) is 2. The number of halogens is 3. The van der Waals surface area contributed by atoms with Crippen molar-refractivity contribution in [2.75, 3.05) is 12.0 Å². The topological polar surface area (TPSA) is 17.8 Å². The van der Waals surface area contributed by atoms with Crippen molar-refractivity contribution in [3.05, 3.63) is 27.3 Å². The quantitative estimate of drug-likeness (QED) is 0.425. The van der Waals surface area contributed by atoms with E-state index in [0.29, 0.717) is 9.45 Å². The number of imidazole rings is 1. The standard InChI is InChI=1S/C12H13ClFIN2S/c1-18-4-2-3-17-11-5-8(14)9(15)6-10(11)16-12(17)7-13/h5-6H,2-4,7H2,1H3. The van der Waals surface area contributed by atoms with Crippen molar-refractivity contribution >= 4 is 57.0 Å². The number of aryl methyl sites for hydroxylation is 1. The molecule has 0 saturated heterocycles. The molecule has 1 aromatic carbocycles. The molecule has 0 aliphatic rings. The van der Waals surface area contributed by atoms with Crippen molar-refractivity contribution in [3.63, 3.8) is 0 Å². The first-order valence-corrected chi connectivity index (χ1v) is 8.57. The van der Waals surface area contributed by atoms with Crippen LogP contribution in [-0.4, -0.2) is 21.6 Å². The van der Waals surface area contributed by atoms with Crippen LogP contribution in [0.4, 0.5) is 4.39 Å². The molecule has 0 aliphatic carbocycles. The van der Waals surface area contributed by atoms with E-state index in [1.165, 1.54) is 0 Å². The minimum absolute atomic E-state index is 0.199. The van der Waals surface area contributed by atoms with Crippen molar-refractivity contribution in [1.82, 2.24) is 9.55 Å². The van der Waals surface area contributed by atoms with Crippen LogP contribution < -0.4 is 0 Å². The van der Waals surface area contributed by atoms with Crippen LogP contribution in [0.25, 0.3) is 11.0 Å². The number of alkyl halides is 1. The van der Waals surface area contributed by atoms with Gasteiger partial charge in [-0.25, -0.2) is 9.37 Å². The number of fused-ring (bicyclic) bond motifs is 1. The Balaban J connectivity index is 2.44. The molecule has 0 atom stereocenters. The summed E-state index contributed by atoms with van der Waals surface area (Å²) in [6.07, 6.45) is 3.11. The van der Waals surface area contributed by atoms with Gasteiger partial charge in [0.1, 0.15) is 11.6 Å². The van der Waals surface area contributed by atoms with Gasteiger partial charge in [0.15, 0.2) is 0 Å². The minimum Gasteiger partial charge on any atom is -0.327 e. The molecule has 0 spiro atoms. The third-order valence-corrected chi connectivity index (χ3v) is 4.48. The molecule has 18 heavy (non-hydrogen) atoms. The fourth-order valence-corrected chi connectivity index (χ4v) is 2.96. The summed E-state index contributed by atoms with van der Waals surface area (Å²) in [7, 11) is 0. The average Bonchev–Trinajstić information content (AvgIpc) is 2.68. The van der Waals surface area contributed by atoms with Gasteiger partial charge in [0, 0.05) is 12.6 Å². The van der Waals surface area contributed by atoms with Crippen LogP contribution in [0.3, 0.4) is 0 Å². The van der Waals surface area contributed by atoms with Gasteiger partial charge in [0.05, 0.1) is 20.5 Å². The second-order valence-corrected chi connectivity index (χ2v) is 6.33. The molecular weight excluding hydrogens is 386 g/mol.